The number of nitrogens with zero attached hydrogens (tertiary/aromatic N) is 4. The quantitative estimate of drug-likeness (QED) is 0.170. The van der Waals surface area contributed by atoms with Crippen LogP contribution in [0.4, 0.5) is 68.2 Å². The van der Waals surface area contributed by atoms with Crippen LogP contribution >= 0.6 is 47.0 Å². The summed E-state index contributed by atoms with van der Waals surface area (Å²) in [5, 5.41) is 0. The first-order valence-corrected chi connectivity index (χ1v) is 30.8. The van der Waals surface area contributed by atoms with Gasteiger partial charge in [-0.15, -0.1) is 0 Å². The summed E-state index contributed by atoms with van der Waals surface area (Å²) in [4.78, 5) is 19.5. The molecule has 0 aromatic heterocycles. The van der Waals surface area contributed by atoms with Gasteiger partial charge in [-0.1, -0.05) is 168 Å². The van der Waals surface area contributed by atoms with Crippen LogP contribution in [-0.4, -0.2) is 0 Å². The first-order chi connectivity index (χ1) is 40.6. The molecule has 0 bridgehead atoms. The van der Waals surface area contributed by atoms with Crippen LogP contribution in [0.25, 0.3) is 11.1 Å². The largest absolute Gasteiger partial charge is 0.457 e. The Balaban J connectivity index is 0.930. The van der Waals surface area contributed by atoms with E-state index in [1.807, 2.05) is 47.0 Å². The molecule has 5 aliphatic heterocycles. The molecule has 0 amide bonds. The Labute approximate surface area is 492 Å². The van der Waals surface area contributed by atoms with Gasteiger partial charge in [-0.2, -0.15) is 0 Å². The maximum atomic E-state index is 7.70. The minimum absolute atomic E-state index is 0.815. The van der Waals surface area contributed by atoms with Crippen LogP contribution in [0.2, 0.25) is 0 Å². The average molecular weight is 1120 g/mol. The molecule has 0 N–H and O–H groups in total. The Kier molecular flexibility index (Phi) is 10.3. The van der Waals surface area contributed by atoms with Gasteiger partial charge in [0, 0.05) is 85.2 Å². The number of rotatable bonds is 4. The van der Waals surface area contributed by atoms with Gasteiger partial charge in [-0.05, 0) is 156 Å². The number of hydrogen-bond acceptors (Lipinski definition) is 9. The lowest BCUT2D eigenvalue weighted by molar-refractivity contribution is 0.436. The summed E-state index contributed by atoms with van der Waals surface area (Å²) < 4.78 is 7.70. The van der Waals surface area contributed by atoms with E-state index in [2.05, 4.69) is 287 Å². The van der Waals surface area contributed by atoms with E-state index in [9.17, 15) is 0 Å². The molecule has 12 aromatic carbocycles. The smallest absolute Gasteiger partial charge is 0.134 e. The van der Waals surface area contributed by atoms with Crippen LogP contribution in [0.1, 0.15) is 22.3 Å². The third-order valence-corrected chi connectivity index (χ3v) is 21.3. The zero-order valence-electron chi connectivity index (χ0n) is 43.7. The highest BCUT2D eigenvalue weighted by Crippen LogP contribution is 2.66. The third-order valence-electron chi connectivity index (χ3n) is 16.8. The third kappa shape index (κ3) is 6.76. The van der Waals surface area contributed by atoms with Crippen molar-refractivity contribution in [2.45, 2.75) is 44.6 Å². The fourth-order valence-corrected chi connectivity index (χ4v) is 17.7. The van der Waals surface area contributed by atoms with Gasteiger partial charge in [0.1, 0.15) is 11.5 Å². The zero-order valence-corrected chi connectivity index (χ0v) is 47.0. The van der Waals surface area contributed by atoms with Crippen LogP contribution in [0.3, 0.4) is 0 Å². The fourth-order valence-electron chi connectivity index (χ4n) is 13.4. The lowest BCUT2D eigenvalue weighted by Gasteiger charge is -2.42. The molecule has 0 saturated carbocycles. The molecule has 82 heavy (non-hydrogen) atoms. The summed E-state index contributed by atoms with van der Waals surface area (Å²) in [6.45, 7) is 0. The average Bonchev–Trinajstić information content (AvgIpc) is 1.66. The number of ether oxygens (including phenoxy) is 1. The van der Waals surface area contributed by atoms with Crippen LogP contribution < -0.4 is 24.3 Å². The first-order valence-electron chi connectivity index (χ1n) is 27.5. The number of hydrogen-bond donors (Lipinski definition) is 0. The second-order valence-electron chi connectivity index (χ2n) is 21.2. The maximum absolute atomic E-state index is 7.70. The van der Waals surface area contributed by atoms with Gasteiger partial charge in [0.2, 0.25) is 0 Å². The van der Waals surface area contributed by atoms with E-state index in [0.29, 0.717) is 0 Å². The highest BCUT2D eigenvalue weighted by molar-refractivity contribution is 8.00. The molecule has 386 valence electrons. The Hall–Kier alpha value is -8.96. The van der Waals surface area contributed by atoms with Crippen molar-refractivity contribution < 1.29 is 4.74 Å². The number of benzene rings is 12. The summed E-state index contributed by atoms with van der Waals surface area (Å²) in [5.41, 5.74) is 19.6. The van der Waals surface area contributed by atoms with Crippen molar-refractivity contribution in [3.63, 3.8) is 0 Å². The van der Waals surface area contributed by atoms with E-state index < -0.39 is 5.41 Å². The lowest BCUT2D eigenvalue weighted by Crippen LogP contribution is -2.33. The van der Waals surface area contributed by atoms with Crippen LogP contribution in [0.15, 0.2) is 306 Å². The minimum Gasteiger partial charge on any atom is -0.457 e. The van der Waals surface area contributed by atoms with Crippen molar-refractivity contribution in [3.8, 4) is 22.6 Å². The van der Waals surface area contributed by atoms with Gasteiger partial charge < -0.3 is 24.3 Å². The molecule has 9 heteroatoms. The number of anilines is 12. The summed E-state index contributed by atoms with van der Waals surface area (Å²) in [6, 6.07) is 98.9. The molecular weight excluding hydrogens is 1080 g/mol. The second-order valence-corrected chi connectivity index (χ2v) is 25.5. The van der Waals surface area contributed by atoms with Gasteiger partial charge in [-0.25, -0.2) is 0 Å². The Morgan fingerprint density at radius 1 is 0.232 bits per heavy atom. The molecule has 0 atom stereocenters. The van der Waals surface area contributed by atoms with Crippen molar-refractivity contribution in [2.24, 2.45) is 0 Å². The van der Waals surface area contributed by atoms with Gasteiger partial charge in [0.15, 0.2) is 0 Å². The number of fused-ring (bicyclic) bond motifs is 17. The standard InChI is InChI=1S/C73H44N4OS4/c1-9-25-65-55(17-1)74(56-18-2-10-26-66(56)79-65)45-33-37-49-50-38-34-46(75-57-19-3-11-27-67(57)80-68-28-12-4-20-58(68)75)42-54(50)73(53(49)41-45)51-39-35-47(76-59-21-5-13-29-69(59)81-70-30-14-6-22-60(70)76)43-63(51)78-64-44-48(36-40-52(64)73)77-61-23-7-15-31-71(61)82-72-32-16-8-24-62(72)77/h1-44H. The summed E-state index contributed by atoms with van der Waals surface area (Å²) in [5.74, 6) is 1.63. The predicted octanol–water partition coefficient (Wildman–Crippen LogP) is 21.9. The molecule has 0 saturated heterocycles. The van der Waals surface area contributed by atoms with E-state index in [1.165, 1.54) is 84.2 Å². The van der Waals surface area contributed by atoms with E-state index >= 15 is 0 Å². The highest BCUT2D eigenvalue weighted by atomic mass is 32.2. The lowest BCUT2D eigenvalue weighted by atomic mass is 9.66. The summed E-state index contributed by atoms with van der Waals surface area (Å²) in [6.07, 6.45) is 0. The van der Waals surface area contributed by atoms with Crippen LogP contribution in [-0.2, 0) is 5.41 Å². The molecule has 1 spiro atoms. The SMILES string of the molecule is c1ccc2c(c1)Sc1ccccc1N2c1ccc2c(c1)Oc1cc(N3c4ccccc4Sc4ccccc43)ccc1C21c2cc(N3c4ccccc4Sc4ccccc43)ccc2-c2ccc(N3c4ccccc4Sc4ccccc43)cc21. The molecule has 0 fully saturated rings. The van der Waals surface area contributed by atoms with E-state index in [0.717, 1.165) is 68.1 Å². The van der Waals surface area contributed by atoms with Crippen molar-refractivity contribution in [3.05, 3.63) is 289 Å². The van der Waals surface area contributed by atoms with Crippen molar-refractivity contribution in [2.75, 3.05) is 19.6 Å². The maximum Gasteiger partial charge on any atom is 0.134 e. The summed E-state index contributed by atoms with van der Waals surface area (Å²) >= 11 is 7.33. The topological polar surface area (TPSA) is 22.2 Å². The van der Waals surface area contributed by atoms with E-state index in [1.54, 1.807) is 0 Å². The molecule has 5 heterocycles. The molecule has 5 nitrogen and oxygen atoms in total. The second kappa shape index (κ2) is 18.0. The fraction of sp³-hybridized carbons (Fsp3) is 0.0137. The van der Waals surface area contributed by atoms with E-state index in [4.69, 9.17) is 4.74 Å². The highest BCUT2D eigenvalue weighted by Gasteiger charge is 2.52. The van der Waals surface area contributed by atoms with Gasteiger partial charge in [0.05, 0.1) is 50.9 Å². The Morgan fingerprint density at radius 2 is 0.463 bits per heavy atom. The monoisotopic (exact) mass is 1120 g/mol. The molecule has 18 rings (SSSR count). The Morgan fingerprint density at radius 3 is 0.732 bits per heavy atom. The van der Waals surface area contributed by atoms with Crippen LogP contribution in [0.5, 0.6) is 11.5 Å². The molecule has 0 unspecified atom stereocenters. The predicted molar refractivity (Wildman–Crippen MR) is 339 cm³/mol. The van der Waals surface area contributed by atoms with Crippen molar-refractivity contribution in [1.29, 1.82) is 0 Å². The molecule has 0 radical (unpaired) electrons. The van der Waals surface area contributed by atoms with Gasteiger partial charge >= 0.3 is 0 Å². The van der Waals surface area contributed by atoms with Gasteiger partial charge in [0.25, 0.3) is 0 Å². The van der Waals surface area contributed by atoms with Gasteiger partial charge in [-0.3, -0.25) is 0 Å². The molecule has 12 aromatic rings. The van der Waals surface area contributed by atoms with Crippen LogP contribution in [0, 0.1) is 0 Å². The summed E-state index contributed by atoms with van der Waals surface area (Å²) in [7, 11) is 0. The Bertz CT molecular complexity index is 4230. The van der Waals surface area contributed by atoms with Crippen molar-refractivity contribution in [1.82, 2.24) is 0 Å². The minimum atomic E-state index is -0.870. The molecule has 1 aliphatic carbocycles. The zero-order chi connectivity index (χ0) is 53.6. The first kappa shape index (κ1) is 46.8. The van der Waals surface area contributed by atoms with Crippen molar-refractivity contribution >= 4 is 115 Å². The number of para-hydroxylation sites is 8. The molecule has 6 aliphatic rings. The van der Waals surface area contributed by atoms with E-state index in [-0.39, 0.29) is 0 Å². The normalized spacial score (nSPS) is 14.7. The molecular formula is C73H44N4OS4.